The zero-order valence-corrected chi connectivity index (χ0v) is 24.3. The fraction of sp³-hybridized carbons (Fsp3) is 0.323. The number of ether oxygens (including phenoxy) is 1. The van der Waals surface area contributed by atoms with Crippen molar-refractivity contribution in [3.05, 3.63) is 66.7 Å². The fourth-order valence-electron chi connectivity index (χ4n) is 5.60. The van der Waals surface area contributed by atoms with Crippen LogP contribution >= 0.6 is 11.3 Å². The molecule has 1 N–H and O–H groups in total. The molecule has 0 bridgehead atoms. The van der Waals surface area contributed by atoms with Gasteiger partial charge in [0.25, 0.3) is 0 Å². The summed E-state index contributed by atoms with van der Waals surface area (Å²) in [4.78, 5) is 9.86. The molecule has 5 aromatic rings. The number of likely N-dealkylation sites (N-methyl/N-ethyl adjacent to an activating group) is 1. The van der Waals surface area contributed by atoms with Gasteiger partial charge in [-0.15, -0.1) is 23.4 Å². The van der Waals surface area contributed by atoms with Crippen molar-refractivity contribution in [2.24, 2.45) is 0 Å². The van der Waals surface area contributed by atoms with Crippen molar-refractivity contribution in [2.75, 3.05) is 42.9 Å². The van der Waals surface area contributed by atoms with Crippen LogP contribution in [0.25, 0.3) is 33.0 Å². The fourth-order valence-corrected chi connectivity index (χ4v) is 6.36. The second kappa shape index (κ2) is 11.2. The molecule has 2 aliphatic rings. The zero-order valence-electron chi connectivity index (χ0n) is 23.5. The lowest BCUT2D eigenvalue weighted by Crippen LogP contribution is -2.46. The van der Waals surface area contributed by atoms with E-state index in [1.807, 2.05) is 30.3 Å². The predicted octanol–water partition coefficient (Wildman–Crippen LogP) is 7.34. The van der Waals surface area contributed by atoms with E-state index in [-0.39, 0.29) is 5.75 Å². The predicted molar refractivity (Wildman–Crippen MR) is 163 cm³/mol. The number of rotatable bonds is 8. The first-order valence-corrected chi connectivity index (χ1v) is 15.2. The van der Waals surface area contributed by atoms with Gasteiger partial charge in [0.2, 0.25) is 5.13 Å². The van der Waals surface area contributed by atoms with E-state index in [0.29, 0.717) is 11.2 Å². The van der Waals surface area contributed by atoms with Gasteiger partial charge in [-0.2, -0.15) is 0 Å². The Morgan fingerprint density at radius 1 is 0.930 bits per heavy atom. The number of halogens is 3. The van der Waals surface area contributed by atoms with Crippen LogP contribution in [0.4, 0.5) is 29.7 Å². The quantitative estimate of drug-likeness (QED) is 0.198. The molecule has 1 saturated carbocycles. The minimum atomic E-state index is -4.74. The summed E-state index contributed by atoms with van der Waals surface area (Å²) in [6, 6.07) is 20.5. The van der Waals surface area contributed by atoms with Crippen molar-refractivity contribution >= 4 is 38.9 Å². The molecule has 222 valence electrons. The Morgan fingerprint density at radius 3 is 2.35 bits per heavy atom. The molecule has 12 heteroatoms. The molecule has 0 amide bonds. The number of hydrogen-bond donors (Lipinski definition) is 1. The Labute approximate surface area is 250 Å². The van der Waals surface area contributed by atoms with E-state index >= 15 is 0 Å². The van der Waals surface area contributed by atoms with E-state index in [4.69, 9.17) is 4.98 Å². The number of fused-ring (bicyclic) bond motifs is 1. The first-order chi connectivity index (χ1) is 20.8. The molecule has 0 radical (unpaired) electrons. The van der Waals surface area contributed by atoms with Gasteiger partial charge in [0.15, 0.2) is 0 Å². The van der Waals surface area contributed by atoms with Crippen molar-refractivity contribution in [3.63, 3.8) is 0 Å². The molecule has 0 spiro atoms. The van der Waals surface area contributed by atoms with Crippen molar-refractivity contribution < 1.29 is 17.9 Å². The van der Waals surface area contributed by atoms with E-state index < -0.39 is 6.36 Å². The summed E-state index contributed by atoms with van der Waals surface area (Å²) in [6.45, 7) is 6.95. The SMILES string of the molecule is CCN1CCN(c2cc3c(cc2Nc2nnc(-c4ccccc4)s2)nc(-c2ccc(OC(F)(F)F)cc2)n3C2CC2)CC1. The molecule has 3 heterocycles. The van der Waals surface area contributed by atoms with Crippen molar-refractivity contribution in [2.45, 2.75) is 32.2 Å². The third-order valence-electron chi connectivity index (χ3n) is 7.91. The highest BCUT2D eigenvalue weighted by molar-refractivity contribution is 7.18. The standard InChI is InChI=1S/C31H30F3N7OS/c1-2-39-14-16-40(17-15-39)26-19-27-25(18-24(26)36-30-38-37-29(43-30)21-6-4-3-5-7-21)35-28(41(27)22-10-11-22)20-8-12-23(13-9-20)42-31(32,33)34/h3-9,12-13,18-19,22H,2,10-11,14-17H2,1H3,(H,36,38). The van der Waals surface area contributed by atoms with Crippen LogP contribution < -0.4 is 15.0 Å². The van der Waals surface area contributed by atoms with Crippen molar-refractivity contribution in [1.82, 2.24) is 24.6 Å². The zero-order chi connectivity index (χ0) is 29.6. The highest BCUT2D eigenvalue weighted by Crippen LogP contribution is 2.44. The van der Waals surface area contributed by atoms with Crippen LogP contribution in [-0.2, 0) is 0 Å². The van der Waals surface area contributed by atoms with Crippen molar-refractivity contribution in [1.29, 1.82) is 0 Å². The van der Waals surface area contributed by atoms with Gasteiger partial charge in [0, 0.05) is 43.3 Å². The second-order valence-electron chi connectivity index (χ2n) is 10.8. The van der Waals surface area contributed by atoms with Crippen LogP contribution in [0.2, 0.25) is 0 Å². The number of nitrogens with zero attached hydrogens (tertiary/aromatic N) is 6. The lowest BCUT2D eigenvalue weighted by atomic mass is 10.2. The third-order valence-corrected chi connectivity index (χ3v) is 8.80. The molecule has 3 aromatic carbocycles. The molecule has 1 aliphatic carbocycles. The van der Waals surface area contributed by atoms with Gasteiger partial charge in [0.1, 0.15) is 16.6 Å². The van der Waals surface area contributed by atoms with E-state index in [1.54, 1.807) is 12.1 Å². The molecular formula is C31H30F3N7OS. The monoisotopic (exact) mass is 605 g/mol. The normalized spacial score (nSPS) is 16.1. The van der Waals surface area contributed by atoms with Gasteiger partial charge in [-0.05, 0) is 55.8 Å². The lowest BCUT2D eigenvalue weighted by Gasteiger charge is -2.36. The molecule has 0 unspecified atom stereocenters. The highest BCUT2D eigenvalue weighted by atomic mass is 32.1. The maximum Gasteiger partial charge on any atom is 0.573 e. The van der Waals surface area contributed by atoms with Crippen LogP contribution in [0.5, 0.6) is 5.75 Å². The van der Waals surface area contributed by atoms with E-state index in [1.165, 1.54) is 23.5 Å². The van der Waals surface area contributed by atoms with Crippen LogP contribution in [0.1, 0.15) is 25.8 Å². The smallest absolute Gasteiger partial charge is 0.406 e. The summed E-state index contributed by atoms with van der Waals surface area (Å²) in [5.41, 5.74) is 5.54. The van der Waals surface area contributed by atoms with E-state index in [2.05, 4.69) is 53.7 Å². The first-order valence-electron chi connectivity index (χ1n) is 14.4. The summed E-state index contributed by atoms with van der Waals surface area (Å²) in [6.07, 6.45) is -2.67. The first kappa shape index (κ1) is 27.7. The Morgan fingerprint density at radius 2 is 1.67 bits per heavy atom. The molecule has 1 saturated heterocycles. The van der Waals surface area contributed by atoms with Gasteiger partial charge in [-0.25, -0.2) is 4.98 Å². The third kappa shape index (κ3) is 5.89. The second-order valence-corrected chi connectivity index (χ2v) is 11.8. The van der Waals surface area contributed by atoms with Gasteiger partial charge in [-0.3, -0.25) is 0 Å². The average molecular weight is 606 g/mol. The van der Waals surface area contributed by atoms with Crippen molar-refractivity contribution in [3.8, 4) is 27.7 Å². The Bertz CT molecular complexity index is 1720. The van der Waals surface area contributed by atoms with E-state index in [9.17, 15) is 13.2 Å². The molecule has 7 rings (SSSR count). The number of hydrogen-bond acceptors (Lipinski definition) is 8. The number of aromatic nitrogens is 4. The number of anilines is 3. The maximum atomic E-state index is 12.7. The minimum Gasteiger partial charge on any atom is -0.406 e. The molecular weight excluding hydrogens is 575 g/mol. The summed E-state index contributed by atoms with van der Waals surface area (Å²) in [5, 5.41) is 13.9. The molecule has 0 atom stereocenters. The molecule has 43 heavy (non-hydrogen) atoms. The average Bonchev–Trinajstić information content (AvgIpc) is 3.62. The van der Waals surface area contributed by atoms with E-state index in [0.717, 1.165) is 89.9 Å². The number of imidazole rings is 1. The molecule has 2 fully saturated rings. The van der Waals surface area contributed by atoms with Crippen LogP contribution in [-0.4, -0.2) is 63.7 Å². The Balaban J connectivity index is 1.28. The molecule has 2 aromatic heterocycles. The van der Waals surface area contributed by atoms with Crippen LogP contribution in [0.15, 0.2) is 66.7 Å². The minimum absolute atomic E-state index is 0.253. The summed E-state index contributed by atoms with van der Waals surface area (Å²) in [7, 11) is 0. The van der Waals surface area contributed by atoms with Gasteiger partial charge < -0.3 is 24.4 Å². The number of piperazine rings is 1. The Hall–Kier alpha value is -4.16. The Kier molecular flexibility index (Phi) is 7.18. The topological polar surface area (TPSA) is 71.3 Å². The summed E-state index contributed by atoms with van der Waals surface area (Å²) < 4.78 is 44.5. The number of alkyl halides is 3. The van der Waals surface area contributed by atoms with Gasteiger partial charge in [0.05, 0.1) is 22.4 Å². The largest absolute Gasteiger partial charge is 0.573 e. The highest BCUT2D eigenvalue weighted by Gasteiger charge is 2.32. The number of nitrogens with one attached hydrogen (secondary N) is 1. The van der Waals surface area contributed by atoms with Crippen LogP contribution in [0, 0.1) is 0 Å². The van der Waals surface area contributed by atoms with Gasteiger partial charge in [-0.1, -0.05) is 48.6 Å². The summed E-state index contributed by atoms with van der Waals surface area (Å²) in [5.74, 6) is 0.481. The van der Waals surface area contributed by atoms with Crippen LogP contribution in [0.3, 0.4) is 0 Å². The number of benzene rings is 3. The molecule has 1 aliphatic heterocycles. The summed E-state index contributed by atoms with van der Waals surface area (Å²) >= 11 is 1.49. The maximum absolute atomic E-state index is 12.7. The van der Waals surface area contributed by atoms with Gasteiger partial charge >= 0.3 is 6.36 Å². The molecule has 8 nitrogen and oxygen atoms in total. The lowest BCUT2D eigenvalue weighted by molar-refractivity contribution is -0.274.